The number of hydrogen-bond acceptors (Lipinski definition) is 4. The van der Waals surface area contributed by atoms with E-state index in [1.807, 2.05) is 6.20 Å². The SMILES string of the molecule is c1ccc(N2CC[C@@H](Cn3ccnc3-c3cc4n(n3)CCCNC4)C2)cc1. The number of para-hydroxylation sites is 1. The zero-order chi connectivity index (χ0) is 18.1. The zero-order valence-electron chi connectivity index (χ0n) is 15.6. The van der Waals surface area contributed by atoms with Gasteiger partial charge in [0, 0.05) is 50.8 Å². The van der Waals surface area contributed by atoms with Gasteiger partial charge in [0.25, 0.3) is 0 Å². The summed E-state index contributed by atoms with van der Waals surface area (Å²) in [6.07, 6.45) is 6.35. The van der Waals surface area contributed by atoms with Crippen LogP contribution in [0.1, 0.15) is 18.5 Å². The second-order valence-electron chi connectivity index (χ2n) is 7.61. The Morgan fingerprint density at radius 3 is 3.00 bits per heavy atom. The van der Waals surface area contributed by atoms with E-state index in [1.165, 1.54) is 17.8 Å². The van der Waals surface area contributed by atoms with Gasteiger partial charge >= 0.3 is 0 Å². The Morgan fingerprint density at radius 2 is 2.07 bits per heavy atom. The van der Waals surface area contributed by atoms with Gasteiger partial charge in [0.2, 0.25) is 0 Å². The molecule has 1 saturated heterocycles. The Morgan fingerprint density at radius 1 is 1.15 bits per heavy atom. The average molecular weight is 362 g/mol. The van der Waals surface area contributed by atoms with E-state index in [0.717, 1.165) is 57.2 Å². The second kappa shape index (κ2) is 7.19. The van der Waals surface area contributed by atoms with Crippen molar-refractivity contribution in [3.8, 4) is 11.5 Å². The summed E-state index contributed by atoms with van der Waals surface area (Å²) in [5.74, 6) is 1.63. The first-order chi connectivity index (χ1) is 13.4. The van der Waals surface area contributed by atoms with Gasteiger partial charge < -0.3 is 14.8 Å². The molecule has 0 saturated carbocycles. The van der Waals surface area contributed by atoms with Gasteiger partial charge in [-0.25, -0.2) is 4.98 Å². The summed E-state index contributed by atoms with van der Waals surface area (Å²) >= 11 is 0. The third-order valence-electron chi connectivity index (χ3n) is 5.70. The molecule has 0 amide bonds. The number of imidazole rings is 1. The molecular weight excluding hydrogens is 336 g/mol. The lowest BCUT2D eigenvalue weighted by atomic mass is 10.1. The number of aromatic nitrogens is 4. The van der Waals surface area contributed by atoms with Crippen LogP contribution in [0.5, 0.6) is 0 Å². The van der Waals surface area contributed by atoms with Crippen LogP contribution in [0.25, 0.3) is 11.5 Å². The van der Waals surface area contributed by atoms with Crippen LogP contribution in [0.2, 0.25) is 0 Å². The average Bonchev–Trinajstić information content (AvgIpc) is 3.41. The third-order valence-corrected chi connectivity index (χ3v) is 5.70. The maximum Gasteiger partial charge on any atom is 0.160 e. The normalized spacial score (nSPS) is 19.9. The lowest BCUT2D eigenvalue weighted by molar-refractivity contribution is 0.487. The lowest BCUT2D eigenvalue weighted by Crippen LogP contribution is -2.21. The number of anilines is 1. The van der Waals surface area contributed by atoms with Gasteiger partial charge in [-0.2, -0.15) is 5.10 Å². The molecule has 6 heteroatoms. The lowest BCUT2D eigenvalue weighted by Gasteiger charge is -2.19. The molecule has 0 spiro atoms. The van der Waals surface area contributed by atoms with Crippen molar-refractivity contribution >= 4 is 5.69 Å². The molecular formula is C21H26N6. The second-order valence-corrected chi connectivity index (χ2v) is 7.61. The summed E-state index contributed by atoms with van der Waals surface area (Å²) < 4.78 is 4.43. The van der Waals surface area contributed by atoms with Crippen LogP contribution in [0.3, 0.4) is 0 Å². The molecule has 6 nitrogen and oxygen atoms in total. The standard InChI is InChI=1S/C21H26N6/c1-2-5-18(6-3-1)25-11-7-17(15-25)16-26-12-9-23-21(26)20-13-19-14-22-8-4-10-27(19)24-20/h1-3,5-6,9,12-13,17,22H,4,7-8,10-11,14-16H2/t17-/m1/s1. The van der Waals surface area contributed by atoms with Crippen molar-refractivity contribution in [3.05, 3.63) is 54.5 Å². The summed E-state index contributed by atoms with van der Waals surface area (Å²) in [5, 5.41) is 8.30. The topological polar surface area (TPSA) is 50.9 Å². The van der Waals surface area contributed by atoms with E-state index in [9.17, 15) is 0 Å². The van der Waals surface area contributed by atoms with E-state index in [4.69, 9.17) is 5.10 Å². The Hall–Kier alpha value is -2.60. The summed E-state index contributed by atoms with van der Waals surface area (Å²) in [5.41, 5.74) is 3.58. The molecule has 140 valence electrons. The molecule has 3 aromatic rings. The molecule has 1 N–H and O–H groups in total. The quantitative estimate of drug-likeness (QED) is 0.775. The van der Waals surface area contributed by atoms with Gasteiger partial charge in [0.05, 0.1) is 5.69 Å². The Labute approximate surface area is 159 Å². The molecule has 1 aromatic carbocycles. The highest BCUT2D eigenvalue weighted by molar-refractivity contribution is 5.51. The first-order valence-corrected chi connectivity index (χ1v) is 9.96. The molecule has 2 aliphatic rings. The molecule has 4 heterocycles. The maximum absolute atomic E-state index is 4.83. The molecule has 1 atom stereocenters. The largest absolute Gasteiger partial charge is 0.371 e. The van der Waals surface area contributed by atoms with Gasteiger partial charge in [-0.15, -0.1) is 0 Å². The number of benzene rings is 1. The van der Waals surface area contributed by atoms with Crippen LogP contribution >= 0.6 is 0 Å². The minimum absolute atomic E-state index is 0.639. The number of fused-ring (bicyclic) bond motifs is 1. The molecule has 0 bridgehead atoms. The predicted molar refractivity (Wildman–Crippen MR) is 107 cm³/mol. The number of hydrogen-bond donors (Lipinski definition) is 1. The van der Waals surface area contributed by atoms with E-state index in [-0.39, 0.29) is 0 Å². The van der Waals surface area contributed by atoms with E-state index < -0.39 is 0 Å². The van der Waals surface area contributed by atoms with E-state index >= 15 is 0 Å². The van der Waals surface area contributed by atoms with Crippen LogP contribution in [-0.2, 0) is 19.6 Å². The van der Waals surface area contributed by atoms with Crippen LogP contribution in [0.15, 0.2) is 48.8 Å². The van der Waals surface area contributed by atoms with Crippen LogP contribution in [-0.4, -0.2) is 39.0 Å². The number of rotatable bonds is 4. The Balaban J connectivity index is 1.31. The fourth-order valence-corrected chi connectivity index (χ4v) is 4.29. The van der Waals surface area contributed by atoms with Crippen molar-refractivity contribution in [2.45, 2.75) is 32.5 Å². The first kappa shape index (κ1) is 16.6. The minimum atomic E-state index is 0.639. The minimum Gasteiger partial charge on any atom is -0.371 e. The monoisotopic (exact) mass is 362 g/mol. The van der Waals surface area contributed by atoms with E-state index in [2.05, 4.69) is 67.0 Å². The highest BCUT2D eigenvalue weighted by Crippen LogP contribution is 2.26. The molecule has 5 rings (SSSR count). The van der Waals surface area contributed by atoms with Crippen LogP contribution < -0.4 is 10.2 Å². The fraction of sp³-hybridized carbons (Fsp3) is 0.429. The molecule has 2 aromatic heterocycles. The smallest absolute Gasteiger partial charge is 0.160 e. The van der Waals surface area contributed by atoms with Gasteiger partial charge in [-0.3, -0.25) is 4.68 Å². The molecule has 1 fully saturated rings. The maximum atomic E-state index is 4.83. The predicted octanol–water partition coefficient (Wildman–Crippen LogP) is 2.77. The molecule has 0 radical (unpaired) electrons. The van der Waals surface area contributed by atoms with Gasteiger partial charge in [-0.05, 0) is 43.5 Å². The summed E-state index contributed by atoms with van der Waals surface area (Å²) in [4.78, 5) is 7.12. The fourth-order valence-electron chi connectivity index (χ4n) is 4.29. The van der Waals surface area contributed by atoms with Crippen molar-refractivity contribution in [3.63, 3.8) is 0 Å². The van der Waals surface area contributed by atoms with Crippen molar-refractivity contribution in [1.82, 2.24) is 24.6 Å². The van der Waals surface area contributed by atoms with Crippen LogP contribution in [0.4, 0.5) is 5.69 Å². The van der Waals surface area contributed by atoms with Crippen molar-refractivity contribution in [1.29, 1.82) is 0 Å². The summed E-state index contributed by atoms with van der Waals surface area (Å²) in [6.45, 7) is 6.17. The van der Waals surface area contributed by atoms with Crippen molar-refractivity contribution in [2.24, 2.45) is 5.92 Å². The van der Waals surface area contributed by atoms with Gasteiger partial charge in [-0.1, -0.05) is 18.2 Å². The molecule has 0 unspecified atom stereocenters. The third kappa shape index (κ3) is 3.37. The summed E-state index contributed by atoms with van der Waals surface area (Å²) in [6, 6.07) is 12.9. The van der Waals surface area contributed by atoms with Crippen LogP contribution in [0, 0.1) is 5.92 Å². The number of nitrogens with one attached hydrogen (secondary N) is 1. The number of nitrogens with zero attached hydrogens (tertiary/aromatic N) is 5. The van der Waals surface area contributed by atoms with E-state index in [1.54, 1.807) is 0 Å². The molecule has 2 aliphatic heterocycles. The number of aryl methyl sites for hydroxylation is 1. The highest BCUT2D eigenvalue weighted by Gasteiger charge is 2.24. The zero-order valence-corrected chi connectivity index (χ0v) is 15.6. The van der Waals surface area contributed by atoms with E-state index in [0.29, 0.717) is 5.92 Å². The summed E-state index contributed by atoms with van der Waals surface area (Å²) in [7, 11) is 0. The molecule has 0 aliphatic carbocycles. The van der Waals surface area contributed by atoms with Crippen molar-refractivity contribution in [2.75, 3.05) is 24.5 Å². The van der Waals surface area contributed by atoms with Gasteiger partial charge in [0.1, 0.15) is 5.69 Å². The Kier molecular flexibility index (Phi) is 4.41. The molecule has 27 heavy (non-hydrogen) atoms. The first-order valence-electron chi connectivity index (χ1n) is 9.96. The highest BCUT2D eigenvalue weighted by atomic mass is 15.3. The Bertz CT molecular complexity index is 873. The van der Waals surface area contributed by atoms with Gasteiger partial charge in [0.15, 0.2) is 5.82 Å². The van der Waals surface area contributed by atoms with Crippen molar-refractivity contribution < 1.29 is 0 Å².